The van der Waals surface area contributed by atoms with E-state index in [1.54, 1.807) is 0 Å². The summed E-state index contributed by atoms with van der Waals surface area (Å²) in [6.07, 6.45) is 4.85. The number of aromatic amines is 1. The smallest absolute Gasteiger partial charge is 0.315 e. The summed E-state index contributed by atoms with van der Waals surface area (Å²) in [4.78, 5) is 38.9. The lowest BCUT2D eigenvalue weighted by molar-refractivity contribution is -0.121. The summed E-state index contributed by atoms with van der Waals surface area (Å²) >= 11 is 1.90. The maximum atomic E-state index is 12.2. The first-order valence-electron chi connectivity index (χ1n) is 11.7. The van der Waals surface area contributed by atoms with Gasteiger partial charge in [0.25, 0.3) is 0 Å². The number of thioether (sulfide) groups is 1. The molecule has 6 N–H and O–H groups in total. The summed E-state index contributed by atoms with van der Waals surface area (Å²) in [6.45, 7) is 0.801. The van der Waals surface area contributed by atoms with Crippen LogP contribution in [0.5, 0.6) is 5.88 Å². The van der Waals surface area contributed by atoms with Crippen molar-refractivity contribution in [2.75, 3.05) is 11.5 Å². The Morgan fingerprint density at radius 2 is 2.00 bits per heavy atom. The number of amides is 3. The molecule has 35 heavy (non-hydrogen) atoms. The summed E-state index contributed by atoms with van der Waals surface area (Å²) in [6, 6.07) is 8.26. The number of urea groups is 1. The van der Waals surface area contributed by atoms with Crippen molar-refractivity contribution < 1.29 is 14.3 Å². The lowest BCUT2D eigenvalue weighted by Gasteiger charge is -2.16. The molecule has 1 aromatic carbocycles. The molecule has 3 amide bonds. The van der Waals surface area contributed by atoms with E-state index in [0.717, 1.165) is 36.1 Å². The number of rotatable bonds is 10. The van der Waals surface area contributed by atoms with Crippen LogP contribution in [-0.2, 0) is 17.9 Å². The second kappa shape index (κ2) is 10.4. The first-order chi connectivity index (χ1) is 17.0. The zero-order valence-electron chi connectivity index (χ0n) is 19.1. The summed E-state index contributed by atoms with van der Waals surface area (Å²) in [7, 11) is 0. The van der Waals surface area contributed by atoms with Gasteiger partial charge in [-0.05, 0) is 24.0 Å². The van der Waals surface area contributed by atoms with Crippen LogP contribution in [0.3, 0.4) is 0 Å². The van der Waals surface area contributed by atoms with Gasteiger partial charge in [0, 0.05) is 24.0 Å². The third-order valence-corrected chi connectivity index (χ3v) is 7.75. The Morgan fingerprint density at radius 1 is 1.17 bits per heavy atom. The predicted molar refractivity (Wildman–Crippen MR) is 133 cm³/mol. The van der Waals surface area contributed by atoms with E-state index in [2.05, 4.69) is 35.9 Å². The number of nitrogens with one attached hydrogen (secondary N) is 4. The summed E-state index contributed by atoms with van der Waals surface area (Å²) < 4.78 is 5.80. The first kappa shape index (κ1) is 23.2. The topological polar surface area (TPSA) is 160 Å². The number of nitrogens with zero attached hydrogens (tertiary/aromatic N) is 3. The molecule has 12 heteroatoms. The molecule has 2 aromatic heterocycles. The molecule has 2 fully saturated rings. The molecule has 2 aliphatic heterocycles. The zero-order chi connectivity index (χ0) is 24.2. The predicted octanol–water partition coefficient (Wildman–Crippen LogP) is 1.86. The molecule has 2 aliphatic rings. The van der Waals surface area contributed by atoms with Gasteiger partial charge in [-0.25, -0.2) is 9.78 Å². The monoisotopic (exact) mass is 496 g/mol. The SMILES string of the molecule is Nc1nc(OCc2ccc(CNC(=O)CCCC[C@@H]3SC[C@@H]4NC(=O)N[C@@H]43)cc2)c2[nH]cnc2n1. The van der Waals surface area contributed by atoms with Gasteiger partial charge in [0.15, 0.2) is 5.65 Å². The van der Waals surface area contributed by atoms with Gasteiger partial charge in [-0.3, -0.25) is 4.79 Å². The fourth-order valence-corrected chi connectivity index (χ4v) is 5.94. The lowest BCUT2D eigenvalue weighted by Crippen LogP contribution is -2.36. The number of H-pyrrole nitrogens is 1. The van der Waals surface area contributed by atoms with E-state index < -0.39 is 0 Å². The van der Waals surface area contributed by atoms with Gasteiger partial charge in [-0.1, -0.05) is 30.7 Å². The highest BCUT2D eigenvalue weighted by Gasteiger charge is 2.42. The van der Waals surface area contributed by atoms with Crippen LogP contribution in [0, 0.1) is 0 Å². The Balaban J connectivity index is 1.01. The Kier molecular flexibility index (Phi) is 6.89. The van der Waals surface area contributed by atoms with Crippen LogP contribution in [0.4, 0.5) is 10.7 Å². The highest BCUT2D eigenvalue weighted by atomic mass is 32.2. The van der Waals surface area contributed by atoms with E-state index in [4.69, 9.17) is 10.5 Å². The average molecular weight is 497 g/mol. The van der Waals surface area contributed by atoms with Gasteiger partial charge in [0.05, 0.1) is 18.4 Å². The van der Waals surface area contributed by atoms with Crippen molar-refractivity contribution in [2.24, 2.45) is 0 Å². The maximum Gasteiger partial charge on any atom is 0.315 e. The van der Waals surface area contributed by atoms with E-state index in [1.807, 2.05) is 36.0 Å². The Hall–Kier alpha value is -3.54. The number of benzene rings is 1. The van der Waals surface area contributed by atoms with Crippen molar-refractivity contribution in [3.63, 3.8) is 0 Å². The van der Waals surface area contributed by atoms with Gasteiger partial charge in [0.2, 0.25) is 17.7 Å². The van der Waals surface area contributed by atoms with E-state index in [9.17, 15) is 9.59 Å². The van der Waals surface area contributed by atoms with E-state index >= 15 is 0 Å². The number of anilines is 1. The molecule has 0 unspecified atom stereocenters. The Bertz CT molecular complexity index is 1200. The quantitative estimate of drug-likeness (QED) is 0.210. The van der Waals surface area contributed by atoms with Crippen molar-refractivity contribution in [3.8, 4) is 5.88 Å². The van der Waals surface area contributed by atoms with Gasteiger partial charge < -0.3 is 31.4 Å². The van der Waals surface area contributed by atoms with Crippen LogP contribution in [0.15, 0.2) is 30.6 Å². The first-order valence-corrected chi connectivity index (χ1v) is 12.7. The van der Waals surface area contributed by atoms with Gasteiger partial charge >= 0.3 is 6.03 Å². The molecule has 3 aromatic rings. The van der Waals surface area contributed by atoms with Crippen LogP contribution >= 0.6 is 11.8 Å². The fourth-order valence-electron chi connectivity index (χ4n) is 4.40. The molecule has 0 bridgehead atoms. The summed E-state index contributed by atoms with van der Waals surface area (Å²) in [5.41, 5.74) is 8.76. The van der Waals surface area contributed by atoms with Crippen LogP contribution in [0.25, 0.3) is 11.2 Å². The van der Waals surface area contributed by atoms with Crippen molar-refractivity contribution in [3.05, 3.63) is 41.7 Å². The number of carbonyl (C=O) groups is 2. The molecule has 3 atom stereocenters. The Morgan fingerprint density at radius 3 is 2.86 bits per heavy atom. The van der Waals surface area contributed by atoms with Crippen LogP contribution in [0.1, 0.15) is 36.8 Å². The van der Waals surface area contributed by atoms with Crippen molar-refractivity contribution in [1.29, 1.82) is 0 Å². The molecule has 0 radical (unpaired) electrons. The molecule has 4 heterocycles. The van der Waals surface area contributed by atoms with Crippen LogP contribution < -0.4 is 26.4 Å². The van der Waals surface area contributed by atoms with E-state index in [0.29, 0.717) is 41.9 Å². The van der Waals surface area contributed by atoms with Crippen LogP contribution in [-0.4, -0.2) is 55.0 Å². The van der Waals surface area contributed by atoms with Crippen molar-refractivity contribution in [1.82, 2.24) is 35.9 Å². The largest absolute Gasteiger partial charge is 0.471 e. The minimum absolute atomic E-state index is 0.0510. The molecule has 5 rings (SSSR count). The number of hydrogen-bond donors (Lipinski definition) is 5. The van der Waals surface area contributed by atoms with Gasteiger partial charge in [-0.2, -0.15) is 21.7 Å². The van der Waals surface area contributed by atoms with E-state index in [1.165, 1.54) is 6.33 Å². The number of fused-ring (bicyclic) bond motifs is 2. The minimum Gasteiger partial charge on any atom is -0.471 e. The van der Waals surface area contributed by atoms with Crippen molar-refractivity contribution in [2.45, 2.75) is 56.2 Å². The molecule has 0 saturated carbocycles. The normalized spacial score (nSPS) is 20.9. The molecular formula is C23H28N8O3S. The molecule has 0 spiro atoms. The molecule has 0 aliphatic carbocycles. The lowest BCUT2D eigenvalue weighted by atomic mass is 10.0. The fraction of sp³-hybridized carbons (Fsp3) is 0.435. The maximum absolute atomic E-state index is 12.2. The summed E-state index contributed by atoms with van der Waals surface area (Å²) in [5, 5.41) is 9.39. The number of ether oxygens (including phenoxy) is 1. The second-order valence-corrected chi connectivity index (χ2v) is 10.0. The van der Waals surface area contributed by atoms with E-state index in [-0.39, 0.29) is 30.0 Å². The number of aromatic nitrogens is 4. The highest BCUT2D eigenvalue weighted by molar-refractivity contribution is 8.00. The molecule has 184 valence electrons. The number of unbranched alkanes of at least 4 members (excludes halogenated alkanes) is 1. The Labute approximate surface area is 206 Å². The van der Waals surface area contributed by atoms with Gasteiger partial charge in [0.1, 0.15) is 12.1 Å². The summed E-state index contributed by atoms with van der Waals surface area (Å²) in [5.74, 6) is 1.48. The minimum atomic E-state index is -0.0586. The number of imidazole rings is 1. The number of hydrogen-bond acceptors (Lipinski definition) is 8. The molecule has 2 saturated heterocycles. The highest BCUT2D eigenvalue weighted by Crippen LogP contribution is 2.33. The number of nitrogen functional groups attached to an aromatic ring is 1. The van der Waals surface area contributed by atoms with Crippen molar-refractivity contribution >= 4 is 40.8 Å². The third-order valence-electron chi connectivity index (χ3n) is 6.24. The zero-order valence-corrected chi connectivity index (χ0v) is 19.9. The third kappa shape index (κ3) is 5.59. The number of nitrogens with two attached hydrogens (primary N) is 1. The molecule has 11 nitrogen and oxygen atoms in total. The number of carbonyl (C=O) groups excluding carboxylic acids is 2. The average Bonchev–Trinajstić information content (AvgIpc) is 3.56. The standard InChI is InChI=1S/C23H28N8O3S/c24-22-30-20-19(26-12-27-20)21(31-22)34-10-14-7-5-13(6-8-14)9-25-17(32)4-2-1-3-16-18-15(11-35-16)28-23(33)29-18/h5-8,12,15-16,18H,1-4,9-11H2,(H,25,32)(H2,28,29,33)(H3,24,26,27,30,31)/t15-,16-,18-/m0/s1. The molecular weight excluding hydrogens is 468 g/mol. The second-order valence-electron chi connectivity index (χ2n) is 8.74. The van der Waals surface area contributed by atoms with Crippen LogP contribution in [0.2, 0.25) is 0 Å². The van der Waals surface area contributed by atoms with Gasteiger partial charge in [-0.15, -0.1) is 0 Å².